The number of nitrogens with zero attached hydrogens (tertiary/aromatic N) is 1. The second-order valence-corrected chi connectivity index (χ2v) is 4.37. The molecule has 0 fully saturated rings. The second-order valence-electron chi connectivity index (χ2n) is 3.50. The van der Waals surface area contributed by atoms with Gasteiger partial charge in [-0.05, 0) is 23.8 Å². The monoisotopic (exact) mass is 284 g/mol. The fourth-order valence-corrected chi connectivity index (χ4v) is 2.06. The Labute approximate surface area is 111 Å². The third-order valence-corrected chi connectivity index (χ3v) is 2.73. The minimum atomic E-state index is -0.742. The Hall–Kier alpha value is -1.85. The smallest absolute Gasteiger partial charge is 0.332 e. The predicted molar refractivity (Wildman–Crippen MR) is 69.2 cm³/mol. The van der Waals surface area contributed by atoms with Gasteiger partial charge in [-0.25, -0.2) is 0 Å². The normalized spacial score (nSPS) is 10.3. The van der Waals surface area contributed by atoms with Crippen LogP contribution in [-0.2, 0) is 0 Å². The number of aromatic nitrogens is 1. The summed E-state index contributed by atoms with van der Waals surface area (Å²) in [4.78, 5) is 24.4. The molecule has 0 atom stereocenters. The molecule has 92 valence electrons. The Morgan fingerprint density at radius 1 is 1.11 bits per heavy atom. The molecule has 0 saturated carbocycles. The Bertz CT molecular complexity index is 662. The summed E-state index contributed by atoms with van der Waals surface area (Å²) in [6.45, 7) is 0. The topological polar surface area (TPSA) is 76.0 Å². The maximum absolute atomic E-state index is 11.9. The van der Waals surface area contributed by atoms with E-state index in [9.17, 15) is 14.9 Å². The summed E-state index contributed by atoms with van der Waals surface area (Å²) in [6.07, 6.45) is 2.41. The number of hydrogen-bond acceptors (Lipinski definition) is 3. The number of nitro groups is 1. The SMILES string of the molecule is O=c1c(-c2cc(Cl)cc(Cl)c2)c[nH]cc1[N+](=O)[O-]. The van der Waals surface area contributed by atoms with Crippen LogP contribution in [0.4, 0.5) is 5.69 Å². The van der Waals surface area contributed by atoms with Crippen molar-refractivity contribution < 1.29 is 4.92 Å². The molecule has 1 N–H and O–H groups in total. The lowest BCUT2D eigenvalue weighted by atomic mass is 10.1. The molecule has 2 rings (SSSR count). The summed E-state index contributed by atoms with van der Waals surface area (Å²) in [5.74, 6) is 0. The third-order valence-electron chi connectivity index (χ3n) is 2.30. The van der Waals surface area contributed by atoms with E-state index in [-0.39, 0.29) is 5.56 Å². The molecule has 0 bridgehead atoms. The molecule has 1 heterocycles. The van der Waals surface area contributed by atoms with E-state index in [1.807, 2.05) is 0 Å². The fourth-order valence-electron chi connectivity index (χ4n) is 1.53. The number of halogens is 2. The van der Waals surface area contributed by atoms with E-state index in [1.165, 1.54) is 24.4 Å². The maximum Gasteiger partial charge on any atom is 0.332 e. The van der Waals surface area contributed by atoms with Crippen molar-refractivity contribution in [2.75, 3.05) is 0 Å². The molecule has 0 unspecified atom stereocenters. The van der Waals surface area contributed by atoms with Crippen molar-refractivity contribution in [1.29, 1.82) is 0 Å². The maximum atomic E-state index is 11.9. The van der Waals surface area contributed by atoms with E-state index in [0.29, 0.717) is 15.6 Å². The molecular formula is C11H6Cl2N2O3. The lowest BCUT2D eigenvalue weighted by Crippen LogP contribution is -2.10. The van der Waals surface area contributed by atoms with Gasteiger partial charge in [0.1, 0.15) is 0 Å². The molecule has 0 saturated heterocycles. The Balaban J connectivity index is 2.68. The standard InChI is InChI=1S/C11H6Cl2N2O3/c12-7-1-6(2-8(13)3-7)9-4-14-5-10(11(9)16)15(17)18/h1-5H,(H,14,16). The third kappa shape index (κ3) is 2.37. The van der Waals surface area contributed by atoms with Crippen LogP contribution in [0.1, 0.15) is 0 Å². The highest BCUT2D eigenvalue weighted by Crippen LogP contribution is 2.25. The zero-order valence-electron chi connectivity index (χ0n) is 8.81. The van der Waals surface area contributed by atoms with Crippen LogP contribution in [-0.4, -0.2) is 9.91 Å². The van der Waals surface area contributed by atoms with Crippen LogP contribution < -0.4 is 5.43 Å². The number of pyridine rings is 1. The average Bonchev–Trinajstić information content (AvgIpc) is 2.27. The predicted octanol–water partition coefficient (Wildman–Crippen LogP) is 3.26. The van der Waals surface area contributed by atoms with E-state index >= 15 is 0 Å². The van der Waals surface area contributed by atoms with Crippen LogP contribution in [0, 0.1) is 10.1 Å². The first-order valence-corrected chi connectivity index (χ1v) is 5.56. The van der Waals surface area contributed by atoms with Gasteiger partial charge >= 0.3 is 5.69 Å². The first-order chi connectivity index (χ1) is 8.49. The van der Waals surface area contributed by atoms with Gasteiger partial charge in [0.15, 0.2) is 0 Å². The van der Waals surface area contributed by atoms with E-state index in [0.717, 1.165) is 6.20 Å². The summed E-state index contributed by atoms with van der Waals surface area (Å²) in [6, 6.07) is 4.54. The van der Waals surface area contributed by atoms with Gasteiger partial charge in [-0.15, -0.1) is 0 Å². The molecule has 0 aliphatic rings. The van der Waals surface area contributed by atoms with Crippen molar-refractivity contribution >= 4 is 28.9 Å². The number of hydrogen-bond donors (Lipinski definition) is 1. The minimum absolute atomic E-state index is 0.147. The molecule has 0 amide bonds. The zero-order valence-corrected chi connectivity index (χ0v) is 10.3. The molecule has 18 heavy (non-hydrogen) atoms. The van der Waals surface area contributed by atoms with E-state index in [4.69, 9.17) is 23.2 Å². The molecule has 0 radical (unpaired) electrons. The van der Waals surface area contributed by atoms with Gasteiger partial charge in [0.2, 0.25) is 0 Å². The highest BCUT2D eigenvalue weighted by atomic mass is 35.5. The average molecular weight is 285 g/mol. The minimum Gasteiger partial charge on any atom is -0.361 e. The molecule has 5 nitrogen and oxygen atoms in total. The lowest BCUT2D eigenvalue weighted by molar-refractivity contribution is -0.386. The quantitative estimate of drug-likeness (QED) is 0.679. The van der Waals surface area contributed by atoms with Crippen LogP contribution in [0.2, 0.25) is 10.0 Å². The van der Waals surface area contributed by atoms with Crippen molar-refractivity contribution in [2.45, 2.75) is 0 Å². The van der Waals surface area contributed by atoms with Crippen molar-refractivity contribution in [3.05, 3.63) is 61.0 Å². The number of nitrogens with one attached hydrogen (secondary N) is 1. The van der Waals surface area contributed by atoms with Crippen LogP contribution in [0.15, 0.2) is 35.4 Å². The first kappa shape index (κ1) is 12.6. The number of benzene rings is 1. The second kappa shape index (κ2) is 4.80. The summed E-state index contributed by atoms with van der Waals surface area (Å²) < 4.78 is 0. The van der Waals surface area contributed by atoms with Gasteiger partial charge < -0.3 is 4.98 Å². The van der Waals surface area contributed by atoms with E-state index in [1.54, 1.807) is 0 Å². The van der Waals surface area contributed by atoms with Crippen LogP contribution in [0.5, 0.6) is 0 Å². The molecule has 7 heteroatoms. The molecular weight excluding hydrogens is 279 g/mol. The highest BCUT2D eigenvalue weighted by Gasteiger charge is 2.16. The molecule has 0 spiro atoms. The molecule has 2 aromatic rings. The fraction of sp³-hybridized carbons (Fsp3) is 0. The highest BCUT2D eigenvalue weighted by molar-refractivity contribution is 6.35. The summed E-state index contributed by atoms with van der Waals surface area (Å²) in [7, 11) is 0. The van der Waals surface area contributed by atoms with Crippen molar-refractivity contribution in [1.82, 2.24) is 4.98 Å². The molecule has 0 aliphatic heterocycles. The number of aromatic amines is 1. The van der Waals surface area contributed by atoms with Gasteiger partial charge in [-0.3, -0.25) is 14.9 Å². The van der Waals surface area contributed by atoms with Crippen LogP contribution >= 0.6 is 23.2 Å². The van der Waals surface area contributed by atoms with Gasteiger partial charge in [0, 0.05) is 16.2 Å². The summed E-state index contributed by atoms with van der Waals surface area (Å²) in [5.41, 5.74) is -0.633. The van der Waals surface area contributed by atoms with Crippen molar-refractivity contribution in [2.24, 2.45) is 0 Å². The number of rotatable bonds is 2. The zero-order chi connectivity index (χ0) is 13.3. The van der Waals surface area contributed by atoms with Crippen molar-refractivity contribution in [3.8, 4) is 11.1 Å². The van der Waals surface area contributed by atoms with Gasteiger partial charge in [0.05, 0.1) is 16.7 Å². The first-order valence-electron chi connectivity index (χ1n) is 4.81. The largest absolute Gasteiger partial charge is 0.361 e. The summed E-state index contributed by atoms with van der Waals surface area (Å²) in [5, 5.41) is 11.4. The Kier molecular flexibility index (Phi) is 3.36. The van der Waals surface area contributed by atoms with Crippen molar-refractivity contribution in [3.63, 3.8) is 0 Å². The van der Waals surface area contributed by atoms with Crippen LogP contribution in [0.25, 0.3) is 11.1 Å². The molecule has 0 aliphatic carbocycles. The molecule has 1 aromatic heterocycles. The van der Waals surface area contributed by atoms with Gasteiger partial charge in [0.25, 0.3) is 5.43 Å². The van der Waals surface area contributed by atoms with Gasteiger partial charge in [-0.1, -0.05) is 23.2 Å². The van der Waals surface area contributed by atoms with Crippen LogP contribution in [0.3, 0.4) is 0 Å². The Morgan fingerprint density at radius 2 is 1.72 bits per heavy atom. The van der Waals surface area contributed by atoms with E-state index in [2.05, 4.69) is 4.98 Å². The Morgan fingerprint density at radius 3 is 2.28 bits per heavy atom. The van der Waals surface area contributed by atoms with E-state index < -0.39 is 16.0 Å². The molecule has 1 aromatic carbocycles. The number of H-pyrrole nitrogens is 1. The summed E-state index contributed by atoms with van der Waals surface area (Å²) >= 11 is 11.6. The van der Waals surface area contributed by atoms with Gasteiger partial charge in [-0.2, -0.15) is 0 Å². The lowest BCUT2D eigenvalue weighted by Gasteiger charge is -2.02.